The molecule has 0 bridgehead atoms. The van der Waals surface area contributed by atoms with E-state index in [1.54, 1.807) is 21.3 Å². The second-order valence-electron chi connectivity index (χ2n) is 11.1. The van der Waals surface area contributed by atoms with Gasteiger partial charge in [0.05, 0.1) is 27.9 Å². The Labute approximate surface area is 268 Å². The lowest BCUT2D eigenvalue weighted by molar-refractivity contribution is 0.172. The van der Waals surface area contributed by atoms with Gasteiger partial charge in [-0.1, -0.05) is 109 Å². The molecular weight excluding hydrogens is 572 g/mol. The van der Waals surface area contributed by atoms with Crippen molar-refractivity contribution in [2.75, 3.05) is 21.3 Å². The fraction of sp³-hybridized carbons (Fsp3) is 0.122. The first-order chi connectivity index (χ1) is 22.6. The van der Waals surface area contributed by atoms with Gasteiger partial charge in [-0.2, -0.15) is 0 Å². The first-order valence-corrected chi connectivity index (χ1v) is 15.2. The SMILES string of the molecule is COc1ccc(C2(c3ccc(OC)cc3)Oc3c(c(CO)c(OC)c4ccccc34)C(c3ccccc3)=C2c2ccccc2)cc1. The molecule has 1 heterocycles. The largest absolute Gasteiger partial charge is 0.497 e. The summed E-state index contributed by atoms with van der Waals surface area (Å²) in [5.41, 5.74) is 6.04. The Morgan fingerprint density at radius 3 is 1.57 bits per heavy atom. The fourth-order valence-corrected chi connectivity index (χ4v) is 6.76. The third-order valence-corrected chi connectivity index (χ3v) is 8.81. The Hall–Kier alpha value is -5.52. The minimum Gasteiger partial charge on any atom is -0.497 e. The highest BCUT2D eigenvalue weighted by Gasteiger charge is 2.48. The summed E-state index contributed by atoms with van der Waals surface area (Å²) < 4.78 is 24.8. The molecule has 5 nitrogen and oxygen atoms in total. The maximum atomic E-state index is 11.1. The Balaban J connectivity index is 1.75. The number of hydrogen-bond acceptors (Lipinski definition) is 5. The zero-order valence-electron chi connectivity index (χ0n) is 26.0. The van der Waals surface area contributed by atoms with Crippen LogP contribution in [-0.2, 0) is 12.2 Å². The average molecular weight is 607 g/mol. The van der Waals surface area contributed by atoms with Crippen molar-refractivity contribution in [2.24, 2.45) is 0 Å². The van der Waals surface area contributed by atoms with Gasteiger partial charge in [-0.25, -0.2) is 0 Å². The monoisotopic (exact) mass is 606 g/mol. The minimum atomic E-state index is -1.14. The summed E-state index contributed by atoms with van der Waals surface area (Å²) in [5.74, 6) is 2.79. The molecule has 46 heavy (non-hydrogen) atoms. The molecule has 0 aliphatic carbocycles. The molecule has 1 N–H and O–H groups in total. The smallest absolute Gasteiger partial charge is 0.185 e. The molecule has 0 saturated heterocycles. The highest BCUT2D eigenvalue weighted by Crippen LogP contribution is 2.59. The average Bonchev–Trinajstić information content (AvgIpc) is 3.14. The van der Waals surface area contributed by atoms with Crippen LogP contribution in [0.1, 0.15) is 33.4 Å². The molecule has 0 fully saturated rings. The summed E-state index contributed by atoms with van der Waals surface area (Å²) in [7, 11) is 4.99. The van der Waals surface area contributed by atoms with Crippen LogP contribution in [-0.4, -0.2) is 26.4 Å². The van der Waals surface area contributed by atoms with Crippen LogP contribution in [0.15, 0.2) is 133 Å². The highest BCUT2D eigenvalue weighted by molar-refractivity contribution is 6.11. The molecule has 0 saturated carbocycles. The first-order valence-electron chi connectivity index (χ1n) is 15.2. The molecule has 6 aromatic rings. The number of benzene rings is 6. The van der Waals surface area contributed by atoms with Gasteiger partial charge in [-0.05, 0) is 35.4 Å². The highest BCUT2D eigenvalue weighted by atomic mass is 16.5. The number of methoxy groups -OCH3 is 3. The summed E-state index contributed by atoms with van der Waals surface area (Å²) in [4.78, 5) is 0. The third-order valence-electron chi connectivity index (χ3n) is 8.81. The summed E-state index contributed by atoms with van der Waals surface area (Å²) in [6.45, 7) is -0.240. The summed E-state index contributed by atoms with van der Waals surface area (Å²) in [6.07, 6.45) is 0. The standard InChI is InChI=1S/C41H34O5/c1-43-31-22-18-29(19-23-31)41(30-20-24-32(44-2)25-21-30)38(28-14-8-5-9-15-28)36(27-12-6-4-7-13-27)37-35(26-42)39(45-3)33-16-10-11-17-34(33)40(37)46-41/h4-25,42H,26H2,1-3H3. The van der Waals surface area contributed by atoms with E-state index in [0.29, 0.717) is 17.1 Å². The van der Waals surface area contributed by atoms with Crippen LogP contribution in [0.2, 0.25) is 0 Å². The zero-order chi connectivity index (χ0) is 31.7. The van der Waals surface area contributed by atoms with E-state index in [1.165, 1.54) is 0 Å². The fourth-order valence-electron chi connectivity index (χ4n) is 6.76. The topological polar surface area (TPSA) is 57.2 Å². The van der Waals surface area contributed by atoms with Gasteiger partial charge in [-0.3, -0.25) is 0 Å². The van der Waals surface area contributed by atoms with Crippen molar-refractivity contribution < 1.29 is 24.1 Å². The molecule has 0 unspecified atom stereocenters. The second-order valence-corrected chi connectivity index (χ2v) is 11.1. The van der Waals surface area contributed by atoms with Crippen molar-refractivity contribution in [3.05, 3.63) is 167 Å². The molecule has 6 aromatic carbocycles. The Kier molecular flexibility index (Phi) is 7.69. The Bertz CT molecular complexity index is 1980. The van der Waals surface area contributed by atoms with Crippen LogP contribution in [0.25, 0.3) is 21.9 Å². The Morgan fingerprint density at radius 1 is 0.565 bits per heavy atom. The lowest BCUT2D eigenvalue weighted by atomic mass is 9.70. The maximum Gasteiger partial charge on any atom is 0.185 e. The molecule has 1 aliphatic heterocycles. The van der Waals surface area contributed by atoms with Gasteiger partial charge in [0.25, 0.3) is 0 Å². The van der Waals surface area contributed by atoms with Crippen molar-refractivity contribution in [3.63, 3.8) is 0 Å². The van der Waals surface area contributed by atoms with E-state index in [-0.39, 0.29) is 6.61 Å². The normalized spacial score (nSPS) is 13.6. The number of aliphatic hydroxyl groups is 1. The molecule has 5 heteroatoms. The van der Waals surface area contributed by atoms with Gasteiger partial charge in [0.2, 0.25) is 0 Å². The predicted octanol–water partition coefficient (Wildman–Crippen LogP) is 8.65. The number of aliphatic hydroxyl groups excluding tert-OH is 1. The Morgan fingerprint density at radius 2 is 1.07 bits per heavy atom. The number of fused-ring (bicyclic) bond motifs is 3. The van der Waals surface area contributed by atoms with E-state index >= 15 is 0 Å². The van der Waals surface area contributed by atoms with E-state index in [9.17, 15) is 5.11 Å². The predicted molar refractivity (Wildman–Crippen MR) is 183 cm³/mol. The maximum absolute atomic E-state index is 11.1. The van der Waals surface area contributed by atoms with E-state index < -0.39 is 5.60 Å². The van der Waals surface area contributed by atoms with Crippen LogP contribution in [0.4, 0.5) is 0 Å². The zero-order valence-corrected chi connectivity index (χ0v) is 26.0. The van der Waals surface area contributed by atoms with Crippen LogP contribution in [0.5, 0.6) is 23.0 Å². The van der Waals surface area contributed by atoms with Crippen molar-refractivity contribution in [1.29, 1.82) is 0 Å². The van der Waals surface area contributed by atoms with Gasteiger partial charge in [0.1, 0.15) is 23.0 Å². The van der Waals surface area contributed by atoms with Crippen molar-refractivity contribution in [1.82, 2.24) is 0 Å². The molecule has 0 radical (unpaired) electrons. The number of rotatable bonds is 8. The molecule has 0 spiro atoms. The van der Waals surface area contributed by atoms with E-state index in [4.69, 9.17) is 18.9 Å². The van der Waals surface area contributed by atoms with E-state index in [0.717, 1.165) is 61.2 Å². The van der Waals surface area contributed by atoms with Crippen LogP contribution < -0.4 is 18.9 Å². The summed E-state index contributed by atoms with van der Waals surface area (Å²) >= 11 is 0. The van der Waals surface area contributed by atoms with Crippen molar-refractivity contribution >= 4 is 21.9 Å². The third kappa shape index (κ3) is 4.59. The quantitative estimate of drug-likeness (QED) is 0.188. The van der Waals surface area contributed by atoms with E-state index in [2.05, 4.69) is 54.6 Å². The molecule has 7 rings (SSSR count). The summed E-state index contributed by atoms with van der Waals surface area (Å²) in [6, 6.07) is 44.9. The van der Waals surface area contributed by atoms with Gasteiger partial charge < -0.3 is 24.1 Å². The van der Waals surface area contributed by atoms with Crippen molar-refractivity contribution in [2.45, 2.75) is 12.2 Å². The first kappa shape index (κ1) is 29.2. The lowest BCUT2D eigenvalue weighted by Crippen LogP contribution is -2.39. The molecule has 0 atom stereocenters. The molecule has 0 aromatic heterocycles. The van der Waals surface area contributed by atoms with Gasteiger partial charge >= 0.3 is 0 Å². The van der Waals surface area contributed by atoms with Crippen LogP contribution in [0.3, 0.4) is 0 Å². The lowest BCUT2D eigenvalue weighted by Gasteiger charge is -2.44. The number of ether oxygens (including phenoxy) is 4. The van der Waals surface area contributed by atoms with Crippen LogP contribution >= 0.6 is 0 Å². The van der Waals surface area contributed by atoms with Gasteiger partial charge in [0, 0.05) is 44.2 Å². The molecule has 1 aliphatic rings. The molecule has 228 valence electrons. The van der Waals surface area contributed by atoms with Gasteiger partial charge in [-0.15, -0.1) is 0 Å². The number of hydrogen-bond donors (Lipinski definition) is 1. The minimum absolute atomic E-state index is 0.240. The van der Waals surface area contributed by atoms with Crippen LogP contribution in [0, 0.1) is 0 Å². The van der Waals surface area contributed by atoms with Crippen molar-refractivity contribution in [3.8, 4) is 23.0 Å². The summed E-state index contributed by atoms with van der Waals surface area (Å²) in [5, 5.41) is 12.8. The van der Waals surface area contributed by atoms with E-state index in [1.807, 2.05) is 78.9 Å². The molecule has 0 amide bonds. The second kappa shape index (κ2) is 12.1. The van der Waals surface area contributed by atoms with Gasteiger partial charge in [0.15, 0.2) is 5.60 Å². The molecular formula is C41H34O5.